The second kappa shape index (κ2) is 8.48. The summed E-state index contributed by atoms with van der Waals surface area (Å²) < 4.78 is 5.17. The SMILES string of the molecule is CCCC(O)CCCCCC1CC(O)CC(=O)O1. The van der Waals surface area contributed by atoms with Gasteiger partial charge in [-0.05, 0) is 25.7 Å². The Kier molecular flexibility index (Phi) is 7.28. The van der Waals surface area contributed by atoms with Gasteiger partial charge in [0.25, 0.3) is 0 Å². The highest BCUT2D eigenvalue weighted by Crippen LogP contribution is 2.20. The van der Waals surface area contributed by atoms with Crippen molar-refractivity contribution in [3.8, 4) is 0 Å². The molecule has 0 amide bonds. The molecule has 0 saturated carbocycles. The van der Waals surface area contributed by atoms with Crippen molar-refractivity contribution < 1.29 is 19.7 Å². The number of ether oxygens (including phenoxy) is 1. The maximum atomic E-state index is 11.1. The molecule has 106 valence electrons. The van der Waals surface area contributed by atoms with Crippen LogP contribution in [0.5, 0.6) is 0 Å². The van der Waals surface area contributed by atoms with Crippen molar-refractivity contribution in [3.63, 3.8) is 0 Å². The van der Waals surface area contributed by atoms with Crippen LogP contribution in [-0.4, -0.2) is 34.5 Å². The van der Waals surface area contributed by atoms with Gasteiger partial charge in [-0.25, -0.2) is 0 Å². The lowest BCUT2D eigenvalue weighted by Crippen LogP contribution is -2.32. The number of aliphatic hydroxyl groups is 2. The van der Waals surface area contributed by atoms with E-state index in [1.165, 1.54) is 0 Å². The van der Waals surface area contributed by atoms with Gasteiger partial charge < -0.3 is 14.9 Å². The predicted molar refractivity (Wildman–Crippen MR) is 69.1 cm³/mol. The lowest BCUT2D eigenvalue weighted by atomic mass is 9.99. The number of unbranched alkanes of at least 4 members (excludes halogenated alkanes) is 2. The minimum Gasteiger partial charge on any atom is -0.462 e. The zero-order chi connectivity index (χ0) is 13.4. The molecule has 0 aromatic carbocycles. The normalized spacial score (nSPS) is 25.8. The summed E-state index contributed by atoms with van der Waals surface area (Å²) in [7, 11) is 0. The molecule has 18 heavy (non-hydrogen) atoms. The maximum absolute atomic E-state index is 11.1. The topological polar surface area (TPSA) is 66.8 Å². The van der Waals surface area contributed by atoms with Gasteiger partial charge in [-0.3, -0.25) is 4.79 Å². The van der Waals surface area contributed by atoms with E-state index in [0.717, 1.165) is 44.9 Å². The molecular formula is C14H26O4. The molecule has 3 unspecified atom stereocenters. The minimum atomic E-state index is -0.525. The van der Waals surface area contributed by atoms with E-state index in [0.29, 0.717) is 6.42 Å². The maximum Gasteiger partial charge on any atom is 0.308 e. The molecule has 1 rings (SSSR count). The zero-order valence-corrected chi connectivity index (χ0v) is 11.3. The molecule has 1 aliphatic heterocycles. The van der Waals surface area contributed by atoms with Gasteiger partial charge in [0.05, 0.1) is 18.6 Å². The zero-order valence-electron chi connectivity index (χ0n) is 11.3. The van der Waals surface area contributed by atoms with Crippen LogP contribution < -0.4 is 0 Å². The Morgan fingerprint density at radius 1 is 1.33 bits per heavy atom. The van der Waals surface area contributed by atoms with Crippen LogP contribution in [0.3, 0.4) is 0 Å². The highest BCUT2D eigenvalue weighted by atomic mass is 16.5. The molecule has 0 spiro atoms. The average molecular weight is 258 g/mol. The number of esters is 1. The van der Waals surface area contributed by atoms with Crippen molar-refractivity contribution in [3.05, 3.63) is 0 Å². The molecule has 4 nitrogen and oxygen atoms in total. The third-order valence-electron chi connectivity index (χ3n) is 3.42. The summed E-state index contributed by atoms with van der Waals surface area (Å²) in [6, 6.07) is 0. The number of carbonyl (C=O) groups excluding carboxylic acids is 1. The van der Waals surface area contributed by atoms with Crippen molar-refractivity contribution in [1.29, 1.82) is 0 Å². The van der Waals surface area contributed by atoms with E-state index in [-0.39, 0.29) is 24.6 Å². The Labute approximate surface area is 109 Å². The summed E-state index contributed by atoms with van der Waals surface area (Å²) in [5.74, 6) is -0.280. The Hall–Kier alpha value is -0.610. The Morgan fingerprint density at radius 2 is 2.11 bits per heavy atom. The van der Waals surface area contributed by atoms with Crippen molar-refractivity contribution >= 4 is 5.97 Å². The van der Waals surface area contributed by atoms with E-state index < -0.39 is 6.10 Å². The van der Waals surface area contributed by atoms with Crippen LogP contribution in [0.15, 0.2) is 0 Å². The van der Waals surface area contributed by atoms with E-state index >= 15 is 0 Å². The van der Waals surface area contributed by atoms with Gasteiger partial charge in [0.2, 0.25) is 0 Å². The molecule has 0 radical (unpaired) electrons. The van der Waals surface area contributed by atoms with Crippen molar-refractivity contribution in [1.82, 2.24) is 0 Å². The van der Waals surface area contributed by atoms with Crippen molar-refractivity contribution in [2.24, 2.45) is 0 Å². The summed E-state index contributed by atoms with van der Waals surface area (Å²) >= 11 is 0. The fourth-order valence-electron chi connectivity index (χ4n) is 2.44. The van der Waals surface area contributed by atoms with Gasteiger partial charge in [0.1, 0.15) is 6.10 Å². The number of hydrogen-bond donors (Lipinski definition) is 2. The minimum absolute atomic E-state index is 0.109. The second-order valence-corrected chi connectivity index (χ2v) is 5.29. The Morgan fingerprint density at radius 3 is 2.78 bits per heavy atom. The molecule has 1 fully saturated rings. The summed E-state index contributed by atoms with van der Waals surface area (Å²) in [5.41, 5.74) is 0. The van der Waals surface area contributed by atoms with E-state index in [9.17, 15) is 15.0 Å². The van der Waals surface area contributed by atoms with Crippen LogP contribution >= 0.6 is 0 Å². The smallest absolute Gasteiger partial charge is 0.308 e. The van der Waals surface area contributed by atoms with Crippen LogP contribution in [0.4, 0.5) is 0 Å². The van der Waals surface area contributed by atoms with Crippen LogP contribution in [0, 0.1) is 0 Å². The first-order chi connectivity index (χ1) is 8.61. The van der Waals surface area contributed by atoms with Gasteiger partial charge in [-0.15, -0.1) is 0 Å². The van der Waals surface area contributed by atoms with Crippen LogP contribution in [0.1, 0.15) is 64.7 Å². The largest absolute Gasteiger partial charge is 0.462 e. The fourth-order valence-corrected chi connectivity index (χ4v) is 2.44. The summed E-state index contributed by atoms with van der Waals surface area (Å²) in [4.78, 5) is 11.1. The summed E-state index contributed by atoms with van der Waals surface area (Å²) in [6.45, 7) is 2.08. The van der Waals surface area contributed by atoms with E-state index in [1.807, 2.05) is 0 Å². The molecule has 0 aliphatic carbocycles. The highest BCUT2D eigenvalue weighted by molar-refractivity contribution is 5.70. The average Bonchev–Trinajstić information content (AvgIpc) is 2.27. The monoisotopic (exact) mass is 258 g/mol. The molecule has 1 aliphatic rings. The molecule has 4 heteroatoms. The van der Waals surface area contributed by atoms with E-state index in [4.69, 9.17) is 4.74 Å². The fraction of sp³-hybridized carbons (Fsp3) is 0.929. The highest BCUT2D eigenvalue weighted by Gasteiger charge is 2.26. The number of cyclic esters (lactones) is 1. The molecule has 3 atom stereocenters. The molecule has 0 bridgehead atoms. The van der Waals surface area contributed by atoms with Crippen LogP contribution in [-0.2, 0) is 9.53 Å². The summed E-state index contributed by atoms with van der Waals surface area (Å²) in [6.07, 6.45) is 6.56. The first kappa shape index (κ1) is 15.4. The summed E-state index contributed by atoms with van der Waals surface area (Å²) in [5, 5.41) is 19.0. The van der Waals surface area contributed by atoms with E-state index in [2.05, 4.69) is 6.92 Å². The molecule has 1 heterocycles. The predicted octanol–water partition coefficient (Wildman–Crippen LogP) is 2.16. The lowest BCUT2D eigenvalue weighted by molar-refractivity contribution is -0.160. The number of aliphatic hydroxyl groups excluding tert-OH is 2. The number of rotatable bonds is 8. The van der Waals surface area contributed by atoms with Gasteiger partial charge in [-0.2, -0.15) is 0 Å². The van der Waals surface area contributed by atoms with E-state index in [1.54, 1.807) is 0 Å². The van der Waals surface area contributed by atoms with Gasteiger partial charge in [-0.1, -0.05) is 26.2 Å². The van der Waals surface area contributed by atoms with Crippen LogP contribution in [0.25, 0.3) is 0 Å². The Balaban J connectivity index is 2.02. The standard InChI is InChI=1S/C14H26O4/c1-2-6-11(15)7-4-3-5-8-13-9-12(16)10-14(17)18-13/h11-13,15-16H,2-10H2,1H3. The quantitative estimate of drug-likeness (QED) is 0.517. The van der Waals surface area contributed by atoms with Gasteiger partial charge in [0.15, 0.2) is 0 Å². The first-order valence-corrected chi connectivity index (χ1v) is 7.17. The van der Waals surface area contributed by atoms with Crippen LogP contribution in [0.2, 0.25) is 0 Å². The third-order valence-corrected chi connectivity index (χ3v) is 3.42. The second-order valence-electron chi connectivity index (χ2n) is 5.29. The van der Waals surface area contributed by atoms with Gasteiger partial charge >= 0.3 is 5.97 Å². The molecule has 0 aromatic heterocycles. The van der Waals surface area contributed by atoms with Gasteiger partial charge in [0, 0.05) is 6.42 Å². The Bertz CT molecular complexity index is 242. The molecule has 2 N–H and O–H groups in total. The first-order valence-electron chi connectivity index (χ1n) is 7.17. The molecular weight excluding hydrogens is 232 g/mol. The molecule has 1 saturated heterocycles. The lowest BCUT2D eigenvalue weighted by Gasteiger charge is -2.25. The number of hydrogen-bond acceptors (Lipinski definition) is 4. The molecule has 0 aromatic rings. The van der Waals surface area contributed by atoms with Crippen molar-refractivity contribution in [2.45, 2.75) is 83.0 Å². The third kappa shape index (κ3) is 6.36. The van der Waals surface area contributed by atoms with Crippen molar-refractivity contribution in [2.75, 3.05) is 0 Å². The number of carbonyl (C=O) groups is 1.